The molecule has 7 heteroatoms. The summed E-state index contributed by atoms with van der Waals surface area (Å²) < 4.78 is 13.8. The summed E-state index contributed by atoms with van der Waals surface area (Å²) in [6, 6.07) is 6.79. The molecule has 1 aromatic carbocycles. The van der Waals surface area contributed by atoms with Gasteiger partial charge in [0.05, 0.1) is 11.2 Å². The number of rotatable bonds is 2. The number of hydrogen-bond acceptors (Lipinski definition) is 3. The van der Waals surface area contributed by atoms with Crippen molar-refractivity contribution in [1.82, 2.24) is 4.90 Å². The monoisotopic (exact) mass is 363 g/mol. The van der Waals surface area contributed by atoms with Crippen molar-refractivity contribution >= 4 is 36.4 Å². The van der Waals surface area contributed by atoms with Gasteiger partial charge < -0.3 is 15.5 Å². The zero-order chi connectivity index (χ0) is 14.9. The third-order valence-corrected chi connectivity index (χ3v) is 4.68. The maximum Gasteiger partial charge on any atom is 0.242 e. The second-order valence-electron chi connectivity index (χ2n) is 6.09. The van der Waals surface area contributed by atoms with E-state index < -0.39 is 5.54 Å². The Bertz CT molecular complexity index is 530. The fraction of sp³-hybridized carbons (Fsp3) is 0.562. The summed E-state index contributed by atoms with van der Waals surface area (Å²) in [5.41, 5.74) is 6.20. The van der Waals surface area contributed by atoms with Crippen LogP contribution >= 0.6 is 24.8 Å². The molecule has 1 aliphatic heterocycles. The summed E-state index contributed by atoms with van der Waals surface area (Å²) in [6.07, 6.45) is 3.66. The average Bonchev–Trinajstić information content (AvgIpc) is 2.95. The largest absolute Gasteiger partial charge is 0.366 e. The van der Waals surface area contributed by atoms with Gasteiger partial charge in [0.2, 0.25) is 5.91 Å². The van der Waals surface area contributed by atoms with Gasteiger partial charge in [-0.25, -0.2) is 4.39 Å². The second kappa shape index (κ2) is 8.18. The second-order valence-corrected chi connectivity index (χ2v) is 6.09. The van der Waals surface area contributed by atoms with Crippen LogP contribution in [0, 0.1) is 5.82 Å². The molecule has 1 aromatic rings. The standard InChI is InChI=1S/C16H22FN3O.2ClH/c17-13-5-1-2-6-14(13)19-9-11-20(12-10-19)15(21)16(18)7-3-4-8-16;;/h1-2,5-6H,3-4,7-12,18H2;2*1H. The smallest absolute Gasteiger partial charge is 0.242 e. The van der Waals surface area contributed by atoms with Crippen LogP contribution in [-0.2, 0) is 4.79 Å². The number of piperazine rings is 1. The molecule has 4 nitrogen and oxygen atoms in total. The molecule has 1 amide bonds. The Labute approximate surface area is 149 Å². The first-order valence-electron chi connectivity index (χ1n) is 7.68. The molecule has 0 atom stereocenters. The lowest BCUT2D eigenvalue weighted by Gasteiger charge is -2.39. The van der Waals surface area contributed by atoms with E-state index in [1.54, 1.807) is 12.1 Å². The van der Waals surface area contributed by atoms with Gasteiger partial charge in [0, 0.05) is 26.2 Å². The van der Waals surface area contributed by atoms with Crippen molar-refractivity contribution in [2.24, 2.45) is 5.73 Å². The molecule has 1 saturated heterocycles. The fourth-order valence-corrected chi connectivity index (χ4v) is 3.39. The molecular weight excluding hydrogens is 340 g/mol. The molecule has 2 N–H and O–H groups in total. The topological polar surface area (TPSA) is 49.6 Å². The summed E-state index contributed by atoms with van der Waals surface area (Å²) in [4.78, 5) is 16.4. The van der Waals surface area contributed by atoms with E-state index in [2.05, 4.69) is 0 Å². The van der Waals surface area contributed by atoms with E-state index in [4.69, 9.17) is 5.73 Å². The van der Waals surface area contributed by atoms with Crippen LogP contribution in [0.2, 0.25) is 0 Å². The lowest BCUT2D eigenvalue weighted by Crippen LogP contribution is -2.58. The maximum atomic E-state index is 13.8. The molecule has 130 valence electrons. The highest BCUT2D eigenvalue weighted by Gasteiger charge is 2.40. The summed E-state index contributed by atoms with van der Waals surface area (Å²) in [5, 5.41) is 0. The van der Waals surface area contributed by atoms with E-state index in [9.17, 15) is 9.18 Å². The molecule has 0 spiro atoms. The van der Waals surface area contributed by atoms with Crippen molar-refractivity contribution in [2.45, 2.75) is 31.2 Å². The molecule has 23 heavy (non-hydrogen) atoms. The van der Waals surface area contributed by atoms with Crippen LogP contribution in [0.15, 0.2) is 24.3 Å². The lowest BCUT2D eigenvalue weighted by molar-refractivity contribution is -0.137. The van der Waals surface area contributed by atoms with Crippen molar-refractivity contribution in [3.8, 4) is 0 Å². The Morgan fingerprint density at radius 3 is 2.17 bits per heavy atom. The average molecular weight is 364 g/mol. The molecule has 1 heterocycles. The molecule has 1 aliphatic carbocycles. The highest BCUT2D eigenvalue weighted by molar-refractivity contribution is 5.86. The van der Waals surface area contributed by atoms with Crippen LogP contribution < -0.4 is 10.6 Å². The molecule has 0 bridgehead atoms. The summed E-state index contributed by atoms with van der Waals surface area (Å²) in [5.74, 6) is -0.128. The Morgan fingerprint density at radius 1 is 1.04 bits per heavy atom. The minimum absolute atomic E-state index is 0. The first-order valence-corrected chi connectivity index (χ1v) is 7.68. The van der Waals surface area contributed by atoms with E-state index in [0.29, 0.717) is 31.9 Å². The van der Waals surface area contributed by atoms with E-state index in [0.717, 1.165) is 25.7 Å². The Balaban J connectivity index is 0.00000132. The zero-order valence-corrected chi connectivity index (χ0v) is 14.7. The normalized spacial score (nSPS) is 19.7. The van der Waals surface area contributed by atoms with Crippen LogP contribution in [-0.4, -0.2) is 42.5 Å². The van der Waals surface area contributed by atoms with E-state index >= 15 is 0 Å². The lowest BCUT2D eigenvalue weighted by atomic mass is 9.97. The number of anilines is 1. The van der Waals surface area contributed by atoms with Crippen molar-refractivity contribution in [1.29, 1.82) is 0 Å². The van der Waals surface area contributed by atoms with Gasteiger partial charge in [-0.15, -0.1) is 24.8 Å². The first kappa shape index (κ1) is 20.0. The highest BCUT2D eigenvalue weighted by atomic mass is 35.5. The number of carbonyl (C=O) groups is 1. The number of nitrogens with two attached hydrogens (primary N) is 1. The van der Waals surface area contributed by atoms with Gasteiger partial charge in [-0.2, -0.15) is 0 Å². The molecule has 3 rings (SSSR count). The van der Waals surface area contributed by atoms with Crippen molar-refractivity contribution < 1.29 is 9.18 Å². The molecule has 2 fully saturated rings. The molecule has 2 aliphatic rings. The molecule has 0 radical (unpaired) electrons. The molecule has 1 saturated carbocycles. The van der Waals surface area contributed by atoms with Crippen LogP contribution in [0.5, 0.6) is 0 Å². The number of para-hydroxylation sites is 1. The van der Waals surface area contributed by atoms with Gasteiger partial charge >= 0.3 is 0 Å². The van der Waals surface area contributed by atoms with Gasteiger partial charge in [0.25, 0.3) is 0 Å². The Kier molecular flexibility index (Phi) is 7.11. The number of hydrogen-bond donors (Lipinski definition) is 1. The van der Waals surface area contributed by atoms with Gasteiger partial charge in [-0.3, -0.25) is 4.79 Å². The first-order chi connectivity index (χ1) is 10.1. The number of benzene rings is 1. The predicted octanol–water partition coefficient (Wildman–Crippen LogP) is 2.59. The van der Waals surface area contributed by atoms with Gasteiger partial charge in [-0.05, 0) is 25.0 Å². The third kappa shape index (κ3) is 4.08. The Morgan fingerprint density at radius 2 is 1.61 bits per heavy atom. The van der Waals surface area contributed by atoms with Gasteiger partial charge in [0.1, 0.15) is 5.82 Å². The van der Waals surface area contributed by atoms with Crippen LogP contribution in [0.3, 0.4) is 0 Å². The minimum Gasteiger partial charge on any atom is -0.366 e. The van der Waals surface area contributed by atoms with E-state index in [1.807, 2.05) is 15.9 Å². The van der Waals surface area contributed by atoms with Crippen molar-refractivity contribution in [3.63, 3.8) is 0 Å². The molecular formula is C16H24Cl2FN3O. The molecule has 0 aromatic heterocycles. The van der Waals surface area contributed by atoms with Gasteiger partial charge in [0.15, 0.2) is 0 Å². The van der Waals surface area contributed by atoms with Crippen LogP contribution in [0.1, 0.15) is 25.7 Å². The summed E-state index contributed by atoms with van der Waals surface area (Å²) in [7, 11) is 0. The molecule has 0 unspecified atom stereocenters. The maximum absolute atomic E-state index is 13.8. The SMILES string of the molecule is Cl.Cl.NC1(C(=O)N2CCN(c3ccccc3F)CC2)CCCC1. The number of carbonyl (C=O) groups excluding carboxylic acids is 1. The van der Waals surface area contributed by atoms with Gasteiger partial charge in [-0.1, -0.05) is 25.0 Å². The van der Waals surface area contributed by atoms with Crippen LogP contribution in [0.4, 0.5) is 10.1 Å². The van der Waals surface area contributed by atoms with E-state index in [-0.39, 0.29) is 36.5 Å². The third-order valence-electron chi connectivity index (χ3n) is 4.68. The number of nitrogens with zero attached hydrogens (tertiary/aromatic N) is 2. The number of amides is 1. The minimum atomic E-state index is -0.653. The number of halogens is 3. The Hall–Kier alpha value is -1.04. The van der Waals surface area contributed by atoms with Crippen LogP contribution in [0.25, 0.3) is 0 Å². The quantitative estimate of drug-likeness (QED) is 0.878. The summed E-state index contributed by atoms with van der Waals surface area (Å²) in [6.45, 7) is 2.55. The zero-order valence-electron chi connectivity index (χ0n) is 13.0. The van der Waals surface area contributed by atoms with Crippen molar-refractivity contribution in [3.05, 3.63) is 30.1 Å². The van der Waals surface area contributed by atoms with E-state index in [1.165, 1.54) is 6.07 Å². The summed E-state index contributed by atoms with van der Waals surface area (Å²) >= 11 is 0. The van der Waals surface area contributed by atoms with Crippen molar-refractivity contribution in [2.75, 3.05) is 31.1 Å². The highest BCUT2D eigenvalue weighted by Crippen LogP contribution is 2.29. The predicted molar refractivity (Wildman–Crippen MR) is 95.1 cm³/mol. The fourth-order valence-electron chi connectivity index (χ4n) is 3.39.